The Labute approximate surface area is 184 Å². The van der Waals surface area contributed by atoms with E-state index in [4.69, 9.17) is 9.73 Å². The molecule has 1 atom stereocenters. The highest BCUT2D eigenvalue weighted by atomic mass is 16.5. The van der Waals surface area contributed by atoms with Gasteiger partial charge in [-0.3, -0.25) is 0 Å². The lowest BCUT2D eigenvalue weighted by Crippen LogP contribution is -2.41. The van der Waals surface area contributed by atoms with Crippen LogP contribution in [0.3, 0.4) is 0 Å². The van der Waals surface area contributed by atoms with Crippen molar-refractivity contribution < 1.29 is 4.74 Å². The molecule has 0 spiro atoms. The molecular weight excluding hydrogens is 390 g/mol. The number of fused-ring (bicyclic) bond motifs is 1. The van der Waals surface area contributed by atoms with Crippen LogP contribution >= 0.6 is 0 Å². The molecule has 0 radical (unpaired) electrons. The lowest BCUT2D eigenvalue weighted by atomic mass is 9.89. The van der Waals surface area contributed by atoms with Gasteiger partial charge in [0.05, 0.1) is 12.6 Å². The van der Waals surface area contributed by atoms with Gasteiger partial charge in [0, 0.05) is 25.4 Å². The zero-order valence-corrected chi connectivity index (χ0v) is 19.0. The van der Waals surface area contributed by atoms with Crippen LogP contribution in [0, 0.1) is 12.8 Å². The summed E-state index contributed by atoms with van der Waals surface area (Å²) < 4.78 is 8.17. The predicted octanol–water partition coefficient (Wildman–Crippen LogP) is 3.53. The van der Waals surface area contributed by atoms with Crippen molar-refractivity contribution in [2.45, 2.75) is 84.5 Å². The Hall–Kier alpha value is -2.64. The Morgan fingerprint density at radius 1 is 1.26 bits per heavy atom. The van der Waals surface area contributed by atoms with Crippen LogP contribution in [0.5, 0.6) is 5.88 Å². The fourth-order valence-electron chi connectivity index (χ4n) is 4.39. The second-order valence-electron chi connectivity index (χ2n) is 8.78. The lowest BCUT2D eigenvalue weighted by molar-refractivity contribution is 0.130. The lowest BCUT2D eigenvalue weighted by Gasteiger charge is -2.26. The molecule has 0 aromatic carbocycles. The van der Waals surface area contributed by atoms with Crippen LogP contribution in [0.2, 0.25) is 0 Å². The van der Waals surface area contributed by atoms with Crippen molar-refractivity contribution in [2.24, 2.45) is 10.9 Å². The number of aliphatic imine (C=N–C) groups is 1. The van der Waals surface area contributed by atoms with E-state index in [0.29, 0.717) is 12.4 Å². The number of nitrogens with one attached hydrogen (secondary N) is 2. The normalized spacial score (nSPS) is 23.8. The molecule has 4 rings (SSSR count). The fraction of sp³-hybridized carbons (Fsp3) is 0.652. The first-order valence-electron chi connectivity index (χ1n) is 11.7. The molecule has 168 valence electrons. The summed E-state index contributed by atoms with van der Waals surface area (Å²) in [5.74, 6) is 4.13. The van der Waals surface area contributed by atoms with Crippen molar-refractivity contribution >= 4 is 5.96 Å². The van der Waals surface area contributed by atoms with Gasteiger partial charge in [-0.05, 0) is 69.9 Å². The van der Waals surface area contributed by atoms with Gasteiger partial charge in [0.25, 0.3) is 0 Å². The molecule has 0 amide bonds. The third kappa shape index (κ3) is 5.74. The quantitative estimate of drug-likeness (QED) is 0.544. The van der Waals surface area contributed by atoms with Crippen molar-refractivity contribution in [2.75, 3.05) is 6.54 Å². The molecule has 3 heterocycles. The van der Waals surface area contributed by atoms with Crippen LogP contribution in [-0.2, 0) is 13.1 Å². The number of guanidine groups is 1. The summed E-state index contributed by atoms with van der Waals surface area (Å²) in [4.78, 5) is 13.8. The molecule has 2 aliphatic rings. The van der Waals surface area contributed by atoms with E-state index in [1.807, 2.05) is 29.9 Å². The van der Waals surface area contributed by atoms with Gasteiger partial charge >= 0.3 is 0 Å². The maximum Gasteiger partial charge on any atom is 0.213 e. The monoisotopic (exact) mass is 425 g/mol. The van der Waals surface area contributed by atoms with Gasteiger partial charge < -0.3 is 15.4 Å². The molecule has 1 aliphatic heterocycles. The number of pyridine rings is 1. The SMILES string of the molecule is CCNC(=NCc1ccnc(OC2CCC(C)CC2)c1)NC1CCCn2nc(C)nc21. The maximum absolute atomic E-state index is 6.15. The van der Waals surface area contributed by atoms with Gasteiger partial charge in [-0.15, -0.1) is 0 Å². The van der Waals surface area contributed by atoms with Gasteiger partial charge in [-0.25, -0.2) is 19.6 Å². The molecule has 1 unspecified atom stereocenters. The zero-order chi connectivity index (χ0) is 21.6. The highest BCUT2D eigenvalue weighted by Gasteiger charge is 2.24. The highest BCUT2D eigenvalue weighted by Crippen LogP contribution is 2.27. The Morgan fingerprint density at radius 3 is 2.90 bits per heavy atom. The van der Waals surface area contributed by atoms with E-state index in [1.165, 1.54) is 12.8 Å². The molecule has 2 N–H and O–H groups in total. The van der Waals surface area contributed by atoms with Crippen molar-refractivity contribution in [1.29, 1.82) is 0 Å². The summed E-state index contributed by atoms with van der Waals surface area (Å²) in [6.07, 6.45) is 8.91. The van der Waals surface area contributed by atoms with Crippen molar-refractivity contribution in [3.63, 3.8) is 0 Å². The van der Waals surface area contributed by atoms with E-state index in [1.54, 1.807) is 0 Å². The Bertz CT molecular complexity index is 886. The average molecular weight is 426 g/mol. The van der Waals surface area contributed by atoms with Crippen molar-refractivity contribution in [3.8, 4) is 5.88 Å². The van der Waals surface area contributed by atoms with Crippen molar-refractivity contribution in [1.82, 2.24) is 30.4 Å². The van der Waals surface area contributed by atoms with Gasteiger partial charge in [-0.2, -0.15) is 5.10 Å². The molecule has 2 aromatic rings. The summed E-state index contributed by atoms with van der Waals surface area (Å²) in [5.41, 5.74) is 1.09. The highest BCUT2D eigenvalue weighted by molar-refractivity contribution is 5.80. The second kappa shape index (κ2) is 10.1. The first-order chi connectivity index (χ1) is 15.1. The molecule has 2 aromatic heterocycles. The van der Waals surface area contributed by atoms with Crippen LogP contribution < -0.4 is 15.4 Å². The number of aromatic nitrogens is 4. The van der Waals surface area contributed by atoms with E-state index in [0.717, 1.165) is 67.9 Å². The maximum atomic E-state index is 6.15. The molecule has 31 heavy (non-hydrogen) atoms. The fourth-order valence-corrected chi connectivity index (χ4v) is 4.39. The predicted molar refractivity (Wildman–Crippen MR) is 121 cm³/mol. The van der Waals surface area contributed by atoms with E-state index in [9.17, 15) is 0 Å². The van der Waals surface area contributed by atoms with Gasteiger partial charge in [-0.1, -0.05) is 6.92 Å². The van der Waals surface area contributed by atoms with E-state index in [-0.39, 0.29) is 12.1 Å². The van der Waals surface area contributed by atoms with Crippen LogP contribution in [0.25, 0.3) is 0 Å². The summed E-state index contributed by atoms with van der Waals surface area (Å²) in [5, 5.41) is 11.4. The summed E-state index contributed by atoms with van der Waals surface area (Å²) in [6.45, 7) is 8.64. The molecule has 8 nitrogen and oxygen atoms in total. The number of nitrogens with zero attached hydrogens (tertiary/aromatic N) is 5. The van der Waals surface area contributed by atoms with E-state index in [2.05, 4.69) is 39.5 Å². The second-order valence-corrected chi connectivity index (χ2v) is 8.78. The number of aryl methyl sites for hydroxylation is 2. The number of hydrogen-bond acceptors (Lipinski definition) is 5. The number of rotatable bonds is 6. The van der Waals surface area contributed by atoms with Gasteiger partial charge in [0.1, 0.15) is 17.8 Å². The minimum atomic E-state index is 0.123. The number of hydrogen-bond donors (Lipinski definition) is 2. The first-order valence-corrected chi connectivity index (χ1v) is 11.7. The standard InChI is InChI=1S/C23H35N7O/c1-4-24-23(28-20-6-5-13-30-22(20)27-17(3)29-30)26-15-18-11-12-25-21(14-18)31-19-9-7-16(2)8-10-19/h11-12,14,16,19-20H,4-10,13,15H2,1-3H3,(H2,24,26,28). The molecule has 1 aliphatic carbocycles. The van der Waals surface area contributed by atoms with Gasteiger partial charge in [0.15, 0.2) is 5.96 Å². The Morgan fingerprint density at radius 2 is 2.10 bits per heavy atom. The van der Waals surface area contributed by atoms with Crippen LogP contribution in [-0.4, -0.2) is 38.4 Å². The van der Waals surface area contributed by atoms with E-state index < -0.39 is 0 Å². The van der Waals surface area contributed by atoms with Gasteiger partial charge in [0.2, 0.25) is 5.88 Å². The largest absolute Gasteiger partial charge is 0.474 e. The van der Waals surface area contributed by atoms with E-state index >= 15 is 0 Å². The molecule has 1 fully saturated rings. The van der Waals surface area contributed by atoms with Crippen molar-refractivity contribution in [3.05, 3.63) is 35.5 Å². The Balaban J connectivity index is 1.39. The smallest absolute Gasteiger partial charge is 0.213 e. The third-order valence-corrected chi connectivity index (χ3v) is 6.11. The summed E-state index contributed by atoms with van der Waals surface area (Å²) in [7, 11) is 0. The van der Waals surface area contributed by atoms with Crippen LogP contribution in [0.1, 0.15) is 75.6 Å². The Kier molecular flexibility index (Phi) is 7.04. The molecule has 0 saturated heterocycles. The minimum Gasteiger partial charge on any atom is -0.474 e. The minimum absolute atomic E-state index is 0.123. The first kappa shape index (κ1) is 21.6. The van der Waals surface area contributed by atoms with Crippen LogP contribution in [0.4, 0.5) is 0 Å². The summed E-state index contributed by atoms with van der Waals surface area (Å²) in [6, 6.07) is 4.15. The topological polar surface area (TPSA) is 89.3 Å². The molecule has 0 bridgehead atoms. The molecular formula is C23H35N7O. The molecule has 1 saturated carbocycles. The van der Waals surface area contributed by atoms with Crippen LogP contribution in [0.15, 0.2) is 23.3 Å². The molecule has 8 heteroatoms. The summed E-state index contributed by atoms with van der Waals surface area (Å²) >= 11 is 0. The average Bonchev–Trinajstić information content (AvgIpc) is 3.15. The third-order valence-electron chi connectivity index (χ3n) is 6.11. The number of ether oxygens (including phenoxy) is 1. The zero-order valence-electron chi connectivity index (χ0n) is 19.0.